The van der Waals surface area contributed by atoms with Gasteiger partial charge in [0, 0.05) is 30.3 Å². The number of benzene rings is 1. The van der Waals surface area contributed by atoms with Crippen molar-refractivity contribution in [2.45, 2.75) is 17.6 Å². The van der Waals surface area contributed by atoms with Crippen LogP contribution in [-0.4, -0.2) is 36.0 Å². The van der Waals surface area contributed by atoms with Gasteiger partial charge in [-0.1, -0.05) is 30.0 Å². The fourth-order valence-electron chi connectivity index (χ4n) is 3.40. The molecule has 1 aromatic carbocycles. The van der Waals surface area contributed by atoms with E-state index in [2.05, 4.69) is 20.4 Å². The van der Waals surface area contributed by atoms with Crippen molar-refractivity contribution in [1.29, 1.82) is 0 Å². The highest BCUT2D eigenvalue weighted by Crippen LogP contribution is 2.33. The molecule has 0 bridgehead atoms. The van der Waals surface area contributed by atoms with Crippen LogP contribution in [0, 0.1) is 0 Å². The molecule has 0 saturated heterocycles. The number of hydrogen-bond acceptors (Lipinski definition) is 6. The summed E-state index contributed by atoms with van der Waals surface area (Å²) < 4.78 is 3.29. The third kappa shape index (κ3) is 3.19. The summed E-state index contributed by atoms with van der Waals surface area (Å²) in [5, 5.41) is 8.25. The number of nitrogens with zero attached hydrogens (tertiary/aromatic N) is 5. The summed E-state index contributed by atoms with van der Waals surface area (Å²) in [7, 11) is 0. The van der Waals surface area contributed by atoms with Gasteiger partial charge in [-0.25, -0.2) is 9.67 Å². The molecule has 0 spiro atoms. The molecule has 29 heavy (non-hydrogen) atoms. The zero-order chi connectivity index (χ0) is 19.8. The Morgan fingerprint density at radius 3 is 2.76 bits per heavy atom. The number of carbonyl (C=O) groups is 1. The van der Waals surface area contributed by atoms with Crippen LogP contribution in [0.1, 0.15) is 12.5 Å². The SMILES string of the molecule is O=C(CC1CSc2nc3c(cnn3-c3ccccc3)c(=O)n21)Nc1ccncc1. The largest absolute Gasteiger partial charge is 0.326 e. The number of pyridine rings is 1. The number of hydrogen-bond donors (Lipinski definition) is 1. The fraction of sp³-hybridized carbons (Fsp3) is 0.150. The zero-order valence-electron chi connectivity index (χ0n) is 15.2. The molecular weight excluding hydrogens is 388 g/mol. The summed E-state index contributed by atoms with van der Waals surface area (Å²) in [5.41, 5.74) is 1.89. The van der Waals surface area contributed by atoms with Crippen LogP contribution in [0.2, 0.25) is 0 Å². The summed E-state index contributed by atoms with van der Waals surface area (Å²) >= 11 is 1.48. The van der Waals surface area contributed by atoms with Gasteiger partial charge in [0.15, 0.2) is 10.8 Å². The smallest absolute Gasteiger partial charge is 0.265 e. The number of amides is 1. The monoisotopic (exact) mass is 404 g/mol. The van der Waals surface area contributed by atoms with Crippen LogP contribution < -0.4 is 10.9 Å². The second kappa shape index (κ2) is 7.17. The molecule has 1 aliphatic heterocycles. The maximum absolute atomic E-state index is 13.1. The maximum atomic E-state index is 13.1. The lowest BCUT2D eigenvalue weighted by molar-refractivity contribution is -0.116. The van der Waals surface area contributed by atoms with E-state index >= 15 is 0 Å². The molecule has 1 unspecified atom stereocenters. The van der Waals surface area contributed by atoms with E-state index in [1.807, 2.05) is 30.3 Å². The number of fused-ring (bicyclic) bond motifs is 2. The fourth-order valence-corrected chi connectivity index (χ4v) is 4.53. The maximum Gasteiger partial charge on any atom is 0.265 e. The molecule has 8 nitrogen and oxygen atoms in total. The van der Waals surface area contributed by atoms with Crippen LogP contribution in [-0.2, 0) is 4.79 Å². The molecule has 1 amide bonds. The standard InChI is InChI=1S/C20H16N6O2S/c27-17(23-13-6-8-21-9-7-13)10-15-12-29-20-24-18-16(19(28)25(15)20)11-22-26(18)14-4-2-1-3-5-14/h1-9,11,15H,10,12H2,(H,21,23,27). The molecule has 0 saturated carbocycles. The Kier molecular flexibility index (Phi) is 4.36. The molecule has 1 N–H and O–H groups in total. The van der Waals surface area contributed by atoms with E-state index in [1.165, 1.54) is 11.8 Å². The lowest BCUT2D eigenvalue weighted by Gasteiger charge is -2.13. The molecule has 144 valence electrons. The molecule has 4 aromatic rings. The predicted octanol–water partition coefficient (Wildman–Crippen LogP) is 2.65. The Labute approximate surface area is 169 Å². The van der Waals surface area contributed by atoms with Gasteiger partial charge in [0.05, 0.1) is 17.9 Å². The molecule has 4 heterocycles. The average molecular weight is 404 g/mol. The van der Waals surface area contributed by atoms with E-state index in [-0.39, 0.29) is 23.9 Å². The van der Waals surface area contributed by atoms with Gasteiger partial charge in [-0.3, -0.25) is 19.1 Å². The van der Waals surface area contributed by atoms with E-state index in [0.29, 0.717) is 27.6 Å². The Morgan fingerprint density at radius 2 is 1.97 bits per heavy atom. The van der Waals surface area contributed by atoms with Crippen molar-refractivity contribution in [3.05, 3.63) is 71.4 Å². The van der Waals surface area contributed by atoms with E-state index in [0.717, 1.165) is 5.69 Å². The van der Waals surface area contributed by atoms with Gasteiger partial charge in [0.2, 0.25) is 5.91 Å². The van der Waals surface area contributed by atoms with Crippen molar-refractivity contribution in [1.82, 2.24) is 24.3 Å². The zero-order valence-corrected chi connectivity index (χ0v) is 16.0. The average Bonchev–Trinajstić information content (AvgIpc) is 3.34. The molecule has 3 aromatic heterocycles. The molecule has 1 aliphatic rings. The summed E-state index contributed by atoms with van der Waals surface area (Å²) in [5.74, 6) is 0.471. The van der Waals surface area contributed by atoms with Crippen LogP contribution >= 0.6 is 11.8 Å². The van der Waals surface area contributed by atoms with Gasteiger partial charge in [0.25, 0.3) is 5.56 Å². The first kappa shape index (κ1) is 17.6. The van der Waals surface area contributed by atoms with Gasteiger partial charge in [-0.2, -0.15) is 5.10 Å². The third-order valence-corrected chi connectivity index (χ3v) is 5.85. The first-order valence-electron chi connectivity index (χ1n) is 9.09. The van der Waals surface area contributed by atoms with Gasteiger partial charge in [-0.05, 0) is 24.3 Å². The van der Waals surface area contributed by atoms with E-state index in [1.54, 1.807) is 40.0 Å². The predicted molar refractivity (Wildman–Crippen MR) is 110 cm³/mol. The van der Waals surface area contributed by atoms with Crippen molar-refractivity contribution >= 4 is 34.4 Å². The number of thioether (sulfide) groups is 1. The van der Waals surface area contributed by atoms with Crippen LogP contribution in [0.4, 0.5) is 5.69 Å². The molecule has 0 fully saturated rings. The Bertz CT molecular complexity index is 1250. The molecular formula is C20H16N6O2S. The minimum atomic E-state index is -0.249. The number of para-hydroxylation sites is 1. The highest BCUT2D eigenvalue weighted by molar-refractivity contribution is 7.99. The van der Waals surface area contributed by atoms with Crippen LogP contribution in [0.5, 0.6) is 0 Å². The van der Waals surface area contributed by atoms with Crippen molar-refractivity contribution < 1.29 is 4.79 Å². The highest BCUT2D eigenvalue weighted by atomic mass is 32.2. The Balaban J connectivity index is 1.46. The van der Waals surface area contributed by atoms with E-state index in [9.17, 15) is 9.59 Å². The first-order valence-corrected chi connectivity index (χ1v) is 10.1. The Morgan fingerprint density at radius 1 is 1.17 bits per heavy atom. The van der Waals surface area contributed by atoms with Crippen molar-refractivity contribution in [2.24, 2.45) is 0 Å². The van der Waals surface area contributed by atoms with Crippen molar-refractivity contribution in [2.75, 3.05) is 11.1 Å². The van der Waals surface area contributed by atoms with E-state index < -0.39 is 0 Å². The normalized spacial score (nSPS) is 15.4. The minimum absolute atomic E-state index is 0.151. The van der Waals surface area contributed by atoms with Crippen LogP contribution in [0.3, 0.4) is 0 Å². The summed E-state index contributed by atoms with van der Waals surface area (Å²) in [6.45, 7) is 0. The van der Waals surface area contributed by atoms with Crippen molar-refractivity contribution in [3.8, 4) is 5.69 Å². The molecule has 1 atom stereocenters. The van der Waals surface area contributed by atoms with Gasteiger partial charge in [-0.15, -0.1) is 0 Å². The van der Waals surface area contributed by atoms with Crippen LogP contribution in [0.25, 0.3) is 16.7 Å². The molecule has 0 aliphatic carbocycles. The molecule has 0 radical (unpaired) electrons. The second-order valence-electron chi connectivity index (χ2n) is 6.65. The number of anilines is 1. The number of nitrogens with one attached hydrogen (secondary N) is 1. The van der Waals surface area contributed by atoms with E-state index in [4.69, 9.17) is 0 Å². The van der Waals surface area contributed by atoms with Crippen LogP contribution in [0.15, 0.2) is 71.0 Å². The quantitative estimate of drug-likeness (QED) is 0.526. The summed E-state index contributed by atoms with van der Waals surface area (Å²) in [6.07, 6.45) is 4.97. The summed E-state index contributed by atoms with van der Waals surface area (Å²) in [4.78, 5) is 34.2. The topological polar surface area (TPSA) is 94.7 Å². The minimum Gasteiger partial charge on any atom is -0.326 e. The summed E-state index contributed by atoms with van der Waals surface area (Å²) in [6, 6.07) is 12.8. The van der Waals surface area contributed by atoms with Gasteiger partial charge >= 0.3 is 0 Å². The van der Waals surface area contributed by atoms with Gasteiger partial charge in [0.1, 0.15) is 5.39 Å². The molecule has 9 heteroatoms. The second-order valence-corrected chi connectivity index (χ2v) is 7.64. The van der Waals surface area contributed by atoms with Gasteiger partial charge < -0.3 is 5.32 Å². The Hall–Kier alpha value is -3.46. The lowest BCUT2D eigenvalue weighted by atomic mass is 10.2. The van der Waals surface area contributed by atoms with Crippen molar-refractivity contribution in [3.63, 3.8) is 0 Å². The molecule has 5 rings (SSSR count). The number of aromatic nitrogens is 5. The number of carbonyl (C=O) groups excluding carboxylic acids is 1. The lowest BCUT2D eigenvalue weighted by Crippen LogP contribution is -2.27. The first-order chi connectivity index (χ1) is 14.2. The highest BCUT2D eigenvalue weighted by Gasteiger charge is 2.29. The third-order valence-electron chi connectivity index (χ3n) is 4.76. The number of rotatable bonds is 4.